The molecule has 150 valence electrons. The first kappa shape index (κ1) is 19.6. The number of hydrogen-bond acceptors (Lipinski definition) is 5. The summed E-state index contributed by atoms with van der Waals surface area (Å²) < 4.78 is 6.75. The lowest BCUT2D eigenvalue weighted by Crippen LogP contribution is -2.47. The third-order valence-corrected chi connectivity index (χ3v) is 5.63. The molecule has 1 saturated heterocycles. The zero-order valence-electron chi connectivity index (χ0n) is 15.9. The van der Waals surface area contributed by atoms with Crippen molar-refractivity contribution in [3.63, 3.8) is 0 Å². The zero-order valence-corrected chi connectivity index (χ0v) is 17.4. The Bertz CT molecular complexity index is 1060. The van der Waals surface area contributed by atoms with Crippen LogP contribution in [0.2, 0.25) is 10.0 Å². The molecule has 8 heteroatoms. The van der Waals surface area contributed by atoms with Gasteiger partial charge in [-0.3, -0.25) is 4.79 Å². The Morgan fingerprint density at radius 1 is 0.897 bits per heavy atom. The summed E-state index contributed by atoms with van der Waals surface area (Å²) in [5, 5.41) is 5.08. The van der Waals surface area contributed by atoms with Crippen LogP contribution < -0.4 is 20.1 Å². The lowest BCUT2D eigenvalue weighted by molar-refractivity contribution is 0.413. The fourth-order valence-corrected chi connectivity index (χ4v) is 3.86. The first-order valence-electron chi connectivity index (χ1n) is 9.25. The lowest BCUT2D eigenvalue weighted by atomic mass is 10.2. The van der Waals surface area contributed by atoms with E-state index in [4.69, 9.17) is 27.9 Å². The number of piperazine rings is 1. The van der Waals surface area contributed by atoms with Gasteiger partial charge in [0, 0.05) is 31.2 Å². The SMILES string of the molecule is COc1ccccc1N1CCN(c2cnn(-c3ccc(Cl)cc3)c(=O)c2Cl)CC1. The summed E-state index contributed by atoms with van der Waals surface area (Å²) in [7, 11) is 1.68. The summed E-state index contributed by atoms with van der Waals surface area (Å²) in [4.78, 5) is 17.1. The van der Waals surface area contributed by atoms with Crippen LogP contribution in [0.4, 0.5) is 11.4 Å². The number of nitrogens with zero attached hydrogens (tertiary/aromatic N) is 4. The van der Waals surface area contributed by atoms with Crippen molar-refractivity contribution in [3.05, 3.63) is 75.1 Å². The number of aromatic nitrogens is 2. The first-order valence-corrected chi connectivity index (χ1v) is 10.0. The van der Waals surface area contributed by atoms with Crippen LogP contribution in [0.1, 0.15) is 0 Å². The monoisotopic (exact) mass is 430 g/mol. The largest absolute Gasteiger partial charge is 0.495 e. The van der Waals surface area contributed by atoms with Gasteiger partial charge in [0.2, 0.25) is 0 Å². The highest BCUT2D eigenvalue weighted by Crippen LogP contribution is 2.30. The minimum Gasteiger partial charge on any atom is -0.495 e. The van der Waals surface area contributed by atoms with E-state index in [0.29, 0.717) is 16.4 Å². The summed E-state index contributed by atoms with van der Waals surface area (Å²) in [6.07, 6.45) is 1.65. The smallest absolute Gasteiger partial charge is 0.292 e. The molecular weight excluding hydrogens is 411 g/mol. The molecule has 1 aromatic heterocycles. The predicted octanol–water partition coefficient (Wildman–Crippen LogP) is 3.87. The first-order chi connectivity index (χ1) is 14.1. The van der Waals surface area contributed by atoms with Gasteiger partial charge in [-0.05, 0) is 36.4 Å². The molecule has 4 rings (SSSR count). The van der Waals surface area contributed by atoms with Crippen LogP contribution in [0.3, 0.4) is 0 Å². The molecule has 0 saturated carbocycles. The zero-order chi connectivity index (χ0) is 20.4. The second-order valence-corrected chi connectivity index (χ2v) is 7.50. The molecule has 1 aliphatic heterocycles. The average Bonchev–Trinajstić information content (AvgIpc) is 2.76. The third-order valence-electron chi connectivity index (χ3n) is 5.02. The van der Waals surface area contributed by atoms with Crippen molar-refractivity contribution in [2.75, 3.05) is 43.1 Å². The number of halogens is 2. The molecule has 1 aliphatic rings. The Morgan fingerprint density at radius 2 is 1.52 bits per heavy atom. The van der Waals surface area contributed by atoms with E-state index < -0.39 is 0 Å². The molecule has 0 N–H and O–H groups in total. The van der Waals surface area contributed by atoms with Crippen LogP contribution in [0.25, 0.3) is 5.69 Å². The Hall–Kier alpha value is -2.70. The van der Waals surface area contributed by atoms with E-state index in [1.807, 2.05) is 18.2 Å². The third kappa shape index (κ3) is 3.91. The Balaban J connectivity index is 1.54. The van der Waals surface area contributed by atoms with Gasteiger partial charge in [0.15, 0.2) is 0 Å². The van der Waals surface area contributed by atoms with Crippen LogP contribution in [0.15, 0.2) is 59.5 Å². The van der Waals surface area contributed by atoms with Crippen LogP contribution in [0, 0.1) is 0 Å². The molecule has 2 aromatic carbocycles. The van der Waals surface area contributed by atoms with E-state index >= 15 is 0 Å². The summed E-state index contributed by atoms with van der Waals surface area (Å²) in [5.74, 6) is 0.853. The van der Waals surface area contributed by atoms with Crippen LogP contribution >= 0.6 is 23.2 Å². The number of anilines is 2. The van der Waals surface area contributed by atoms with Crippen molar-refractivity contribution in [1.29, 1.82) is 0 Å². The number of methoxy groups -OCH3 is 1. The lowest BCUT2D eigenvalue weighted by Gasteiger charge is -2.37. The number of para-hydroxylation sites is 2. The van der Waals surface area contributed by atoms with Gasteiger partial charge < -0.3 is 14.5 Å². The fraction of sp³-hybridized carbons (Fsp3) is 0.238. The minimum atomic E-state index is -0.348. The fourth-order valence-electron chi connectivity index (χ4n) is 3.49. The van der Waals surface area contributed by atoms with Crippen molar-refractivity contribution < 1.29 is 4.74 Å². The molecular formula is C21H20Cl2N4O2. The van der Waals surface area contributed by atoms with Crippen molar-refractivity contribution >= 4 is 34.6 Å². The number of rotatable bonds is 4. The maximum Gasteiger partial charge on any atom is 0.292 e. The summed E-state index contributed by atoms with van der Waals surface area (Å²) >= 11 is 12.4. The van der Waals surface area contributed by atoms with Gasteiger partial charge in [-0.1, -0.05) is 35.3 Å². The highest BCUT2D eigenvalue weighted by molar-refractivity contribution is 6.33. The maximum absolute atomic E-state index is 12.8. The molecule has 2 heterocycles. The van der Waals surface area contributed by atoms with Gasteiger partial charge in [0.05, 0.1) is 30.4 Å². The number of benzene rings is 2. The highest BCUT2D eigenvalue weighted by Gasteiger charge is 2.23. The standard InChI is InChI=1S/C21H20Cl2N4O2/c1-29-19-5-3-2-4-17(19)25-10-12-26(13-11-25)18-14-24-27(21(28)20(18)23)16-8-6-15(22)7-9-16/h2-9,14H,10-13H2,1H3. The second kappa shape index (κ2) is 8.35. The molecule has 1 fully saturated rings. The number of ether oxygens (including phenoxy) is 1. The van der Waals surface area contributed by atoms with Crippen molar-refractivity contribution in [2.24, 2.45) is 0 Å². The van der Waals surface area contributed by atoms with Crippen LogP contribution in [-0.4, -0.2) is 43.1 Å². The average molecular weight is 431 g/mol. The molecule has 0 unspecified atom stereocenters. The molecule has 0 radical (unpaired) electrons. The Labute approximate surface area is 178 Å². The summed E-state index contributed by atoms with van der Waals surface area (Å²) in [6.45, 7) is 3.03. The molecule has 0 atom stereocenters. The minimum absolute atomic E-state index is 0.167. The predicted molar refractivity (Wildman–Crippen MR) is 117 cm³/mol. The van der Waals surface area contributed by atoms with Crippen molar-refractivity contribution in [2.45, 2.75) is 0 Å². The molecule has 0 bridgehead atoms. The molecule has 0 amide bonds. The van der Waals surface area contributed by atoms with Gasteiger partial charge >= 0.3 is 0 Å². The number of hydrogen-bond donors (Lipinski definition) is 0. The maximum atomic E-state index is 12.8. The van der Waals surface area contributed by atoms with Crippen LogP contribution in [-0.2, 0) is 0 Å². The normalized spacial score (nSPS) is 14.2. The van der Waals surface area contributed by atoms with Crippen molar-refractivity contribution in [1.82, 2.24) is 9.78 Å². The Morgan fingerprint density at radius 3 is 2.17 bits per heavy atom. The van der Waals surface area contributed by atoms with E-state index in [2.05, 4.69) is 21.0 Å². The van der Waals surface area contributed by atoms with E-state index in [-0.39, 0.29) is 10.6 Å². The molecule has 6 nitrogen and oxygen atoms in total. The topological polar surface area (TPSA) is 50.6 Å². The second-order valence-electron chi connectivity index (χ2n) is 6.68. The van der Waals surface area contributed by atoms with Crippen LogP contribution in [0.5, 0.6) is 5.75 Å². The molecule has 0 spiro atoms. The summed E-state index contributed by atoms with van der Waals surface area (Å²) in [5.41, 5.74) is 1.99. The van der Waals surface area contributed by atoms with Crippen molar-refractivity contribution in [3.8, 4) is 11.4 Å². The van der Waals surface area contributed by atoms with E-state index in [9.17, 15) is 4.79 Å². The van der Waals surface area contributed by atoms with E-state index in [0.717, 1.165) is 37.6 Å². The van der Waals surface area contributed by atoms with E-state index in [1.165, 1.54) is 4.68 Å². The van der Waals surface area contributed by atoms with Gasteiger partial charge in [-0.15, -0.1) is 0 Å². The Kier molecular flexibility index (Phi) is 5.65. The van der Waals surface area contributed by atoms with Gasteiger partial charge in [0.1, 0.15) is 10.8 Å². The summed E-state index contributed by atoms with van der Waals surface area (Å²) in [6, 6.07) is 14.9. The molecule has 0 aliphatic carbocycles. The highest BCUT2D eigenvalue weighted by atomic mass is 35.5. The molecule has 29 heavy (non-hydrogen) atoms. The quantitative estimate of drug-likeness (QED) is 0.628. The van der Waals surface area contributed by atoms with Gasteiger partial charge in [0.25, 0.3) is 5.56 Å². The molecule has 3 aromatic rings. The van der Waals surface area contributed by atoms with Gasteiger partial charge in [-0.25, -0.2) is 0 Å². The van der Waals surface area contributed by atoms with E-state index in [1.54, 1.807) is 37.6 Å². The van der Waals surface area contributed by atoms with Gasteiger partial charge in [-0.2, -0.15) is 9.78 Å².